The van der Waals surface area contributed by atoms with Crippen LogP contribution >= 0.6 is 0 Å². The molecule has 0 unspecified atom stereocenters. The van der Waals surface area contributed by atoms with Gasteiger partial charge in [-0.1, -0.05) is 19.1 Å². The molecule has 113 valence electrons. The van der Waals surface area contributed by atoms with E-state index in [9.17, 15) is 4.79 Å². The van der Waals surface area contributed by atoms with Crippen molar-refractivity contribution >= 4 is 6.29 Å². The van der Waals surface area contributed by atoms with E-state index < -0.39 is 0 Å². The van der Waals surface area contributed by atoms with E-state index in [4.69, 9.17) is 18.9 Å². The highest BCUT2D eigenvalue weighted by Crippen LogP contribution is 2.34. The van der Waals surface area contributed by atoms with Crippen molar-refractivity contribution in [1.29, 1.82) is 0 Å². The molecule has 2 aliphatic heterocycles. The quantitative estimate of drug-likeness (QED) is 0.786. The zero-order chi connectivity index (χ0) is 15.4. The first-order chi connectivity index (χ1) is 10.8. The third kappa shape index (κ3) is 3.08. The zero-order valence-electron chi connectivity index (χ0n) is 12.1. The first-order valence-corrected chi connectivity index (χ1v) is 6.99. The van der Waals surface area contributed by atoms with Crippen LogP contribution in [0.1, 0.15) is 13.3 Å². The maximum absolute atomic E-state index is 10.3. The third-order valence-corrected chi connectivity index (χ3v) is 3.15. The third-order valence-electron chi connectivity index (χ3n) is 3.15. The molecule has 3 radical (unpaired) electrons. The second kappa shape index (κ2) is 6.56. The van der Waals surface area contributed by atoms with E-state index in [1.165, 1.54) is 0 Å². The van der Waals surface area contributed by atoms with Crippen molar-refractivity contribution in [3.8, 4) is 11.5 Å². The van der Waals surface area contributed by atoms with E-state index in [2.05, 4.69) is 6.42 Å². The van der Waals surface area contributed by atoms with Gasteiger partial charge in [0.15, 0.2) is 23.0 Å². The topological polar surface area (TPSA) is 54.0 Å². The Hall–Kier alpha value is -2.43. The van der Waals surface area contributed by atoms with Crippen molar-refractivity contribution in [3.05, 3.63) is 60.3 Å². The monoisotopic (exact) mass is 299 g/mol. The minimum atomic E-state index is -0.0765. The summed E-state index contributed by atoms with van der Waals surface area (Å²) >= 11 is 0. The van der Waals surface area contributed by atoms with Crippen LogP contribution in [0.3, 0.4) is 0 Å². The van der Waals surface area contributed by atoms with Crippen LogP contribution in [-0.4, -0.2) is 19.4 Å². The van der Waals surface area contributed by atoms with Crippen LogP contribution in [0.4, 0.5) is 0 Å². The fourth-order valence-corrected chi connectivity index (χ4v) is 2.04. The Morgan fingerprint density at radius 3 is 2.50 bits per heavy atom. The molecule has 4 rings (SSSR count). The minimum absolute atomic E-state index is 0.0765. The lowest BCUT2D eigenvalue weighted by Gasteiger charge is -2.06. The van der Waals surface area contributed by atoms with Gasteiger partial charge in [-0.05, 0) is 24.3 Å². The SMILES string of the molecule is CCC1Oc2ccccc2O1.O=C[C]1[C]C=C2OCOC2=C1. The zero-order valence-corrected chi connectivity index (χ0v) is 12.1. The van der Waals surface area contributed by atoms with E-state index >= 15 is 0 Å². The molecule has 0 amide bonds. The number of carbonyl (C=O) groups excluding carboxylic acids is 1. The van der Waals surface area contributed by atoms with Gasteiger partial charge in [0, 0.05) is 12.8 Å². The lowest BCUT2D eigenvalue weighted by Crippen LogP contribution is -2.15. The van der Waals surface area contributed by atoms with Gasteiger partial charge >= 0.3 is 0 Å². The lowest BCUT2D eigenvalue weighted by molar-refractivity contribution is -0.105. The molecule has 0 bridgehead atoms. The van der Waals surface area contributed by atoms with Crippen LogP contribution in [0.5, 0.6) is 11.5 Å². The van der Waals surface area contributed by atoms with E-state index in [1.807, 2.05) is 31.2 Å². The van der Waals surface area contributed by atoms with Crippen molar-refractivity contribution in [2.75, 3.05) is 6.79 Å². The number of hydrogen-bond acceptors (Lipinski definition) is 5. The van der Waals surface area contributed by atoms with Crippen molar-refractivity contribution < 1.29 is 23.7 Å². The van der Waals surface area contributed by atoms with Gasteiger partial charge in [-0.15, -0.1) is 0 Å². The maximum Gasteiger partial charge on any atom is 0.241 e. The van der Waals surface area contributed by atoms with Crippen LogP contribution in [0.2, 0.25) is 0 Å². The van der Waals surface area contributed by atoms with Gasteiger partial charge in [0.1, 0.15) is 6.29 Å². The lowest BCUT2D eigenvalue weighted by atomic mass is 10.0. The molecule has 0 N–H and O–H groups in total. The Morgan fingerprint density at radius 1 is 1.18 bits per heavy atom. The summed E-state index contributed by atoms with van der Waals surface area (Å²) in [6.07, 6.45) is 7.49. The molecule has 1 aromatic rings. The molecule has 1 saturated heterocycles. The summed E-state index contributed by atoms with van der Waals surface area (Å²) in [6, 6.07) is 7.73. The molecule has 1 aromatic carbocycles. The number of benzene rings is 1. The van der Waals surface area contributed by atoms with E-state index in [0.29, 0.717) is 17.4 Å². The summed E-state index contributed by atoms with van der Waals surface area (Å²) in [7, 11) is 0. The fourth-order valence-electron chi connectivity index (χ4n) is 2.04. The van der Waals surface area contributed by atoms with Crippen LogP contribution in [0.15, 0.2) is 47.9 Å². The van der Waals surface area contributed by atoms with Crippen LogP contribution in [0.25, 0.3) is 0 Å². The largest absolute Gasteiger partial charge is 0.454 e. The smallest absolute Gasteiger partial charge is 0.241 e. The highest BCUT2D eigenvalue weighted by atomic mass is 16.7. The average Bonchev–Trinajstić information content (AvgIpc) is 3.20. The number of allylic oxidation sites excluding steroid dienone is 2. The van der Waals surface area contributed by atoms with Crippen molar-refractivity contribution in [1.82, 2.24) is 0 Å². The van der Waals surface area contributed by atoms with Crippen LogP contribution in [0, 0.1) is 12.3 Å². The molecule has 5 nitrogen and oxygen atoms in total. The number of ether oxygens (including phenoxy) is 4. The van der Waals surface area contributed by atoms with Gasteiger partial charge in [-0.25, -0.2) is 0 Å². The summed E-state index contributed by atoms with van der Waals surface area (Å²) in [5.74, 6) is 3.47. The molecule has 0 saturated carbocycles. The standard InChI is InChI=1S/C9H10O2.C8H5O3/c1-2-9-10-7-5-3-4-6-8(7)11-9;9-4-6-1-2-7-8(3-6)11-5-10-7/h3-6,9H,2H2,1H3;2-4H,5H2. The molecule has 2 heterocycles. The van der Waals surface area contributed by atoms with E-state index in [0.717, 1.165) is 24.2 Å². The van der Waals surface area contributed by atoms with E-state index in [1.54, 1.807) is 12.2 Å². The van der Waals surface area contributed by atoms with Gasteiger partial charge in [-0.2, -0.15) is 0 Å². The molecule has 0 aromatic heterocycles. The van der Waals surface area contributed by atoms with Gasteiger partial charge in [0.25, 0.3) is 0 Å². The van der Waals surface area contributed by atoms with Gasteiger partial charge in [-0.3, -0.25) is 0 Å². The van der Waals surface area contributed by atoms with Crippen molar-refractivity contribution in [3.63, 3.8) is 0 Å². The molecule has 5 heteroatoms. The van der Waals surface area contributed by atoms with Gasteiger partial charge < -0.3 is 23.7 Å². The summed E-state index contributed by atoms with van der Waals surface area (Å²) in [6.45, 7) is 2.27. The Bertz CT molecular complexity index is 580. The number of hydrogen-bond donors (Lipinski definition) is 0. The predicted molar refractivity (Wildman–Crippen MR) is 77.5 cm³/mol. The van der Waals surface area contributed by atoms with Gasteiger partial charge in [0.05, 0.1) is 5.92 Å². The summed E-state index contributed by atoms with van der Waals surface area (Å²) in [5.41, 5.74) is 0. The summed E-state index contributed by atoms with van der Waals surface area (Å²) in [4.78, 5) is 10.3. The Morgan fingerprint density at radius 2 is 1.86 bits per heavy atom. The Kier molecular flexibility index (Phi) is 4.32. The highest BCUT2D eigenvalue weighted by molar-refractivity contribution is 5.78. The average molecular weight is 299 g/mol. The Labute approximate surface area is 129 Å². The fraction of sp³-hybridized carbons (Fsp3) is 0.235. The highest BCUT2D eigenvalue weighted by Gasteiger charge is 2.23. The molecule has 1 aliphatic carbocycles. The molecule has 3 aliphatic rings. The molecular formula is C17H15O5. The number of carbonyl (C=O) groups is 1. The predicted octanol–water partition coefficient (Wildman–Crippen LogP) is 2.82. The second-order valence-electron chi connectivity index (χ2n) is 4.66. The summed E-state index contributed by atoms with van der Waals surface area (Å²) in [5, 5.41) is 0. The van der Waals surface area contributed by atoms with Crippen molar-refractivity contribution in [2.45, 2.75) is 19.6 Å². The maximum atomic E-state index is 10.3. The first kappa shape index (κ1) is 14.5. The first-order valence-electron chi connectivity index (χ1n) is 6.99. The molecule has 0 spiro atoms. The van der Waals surface area contributed by atoms with E-state index in [-0.39, 0.29) is 13.1 Å². The summed E-state index contributed by atoms with van der Waals surface area (Å²) < 4.78 is 20.9. The Balaban J connectivity index is 0.000000131. The van der Waals surface area contributed by atoms with Crippen LogP contribution < -0.4 is 9.47 Å². The number of para-hydroxylation sites is 2. The normalized spacial score (nSPS) is 19.0. The van der Waals surface area contributed by atoms with Crippen molar-refractivity contribution in [2.24, 2.45) is 0 Å². The number of aldehydes is 1. The molecule has 0 atom stereocenters. The van der Waals surface area contributed by atoms with Crippen LogP contribution in [-0.2, 0) is 14.3 Å². The molecule has 1 fully saturated rings. The molecule has 22 heavy (non-hydrogen) atoms. The molecular weight excluding hydrogens is 284 g/mol. The number of rotatable bonds is 2. The number of fused-ring (bicyclic) bond motifs is 2. The van der Waals surface area contributed by atoms with Gasteiger partial charge in [0.2, 0.25) is 13.1 Å². The second-order valence-corrected chi connectivity index (χ2v) is 4.66. The minimum Gasteiger partial charge on any atom is -0.454 e.